The Morgan fingerprint density at radius 3 is 2.75 bits per heavy atom. The molecule has 1 aliphatic rings. The molecule has 0 bridgehead atoms. The summed E-state index contributed by atoms with van der Waals surface area (Å²) in [6.45, 7) is 0.216. The smallest absolute Gasteiger partial charge is 0.248 e. The lowest BCUT2D eigenvalue weighted by Crippen LogP contribution is -2.07. The van der Waals surface area contributed by atoms with Gasteiger partial charge in [-0.1, -0.05) is 42.5 Å². The molecule has 0 radical (unpaired) electrons. The van der Waals surface area contributed by atoms with Crippen LogP contribution < -0.4 is 14.8 Å². The Bertz CT molecular complexity index is 941. The number of carbonyl (C=O) groups excluding carboxylic acids is 1. The van der Waals surface area contributed by atoms with Crippen molar-refractivity contribution in [2.75, 3.05) is 12.1 Å². The molecule has 1 heterocycles. The van der Waals surface area contributed by atoms with E-state index in [0.717, 1.165) is 16.3 Å². The van der Waals surface area contributed by atoms with Crippen LogP contribution in [0.25, 0.3) is 16.8 Å². The molecule has 0 saturated carbocycles. The van der Waals surface area contributed by atoms with Crippen LogP contribution in [0, 0.1) is 0 Å². The minimum Gasteiger partial charge on any atom is -0.454 e. The SMILES string of the molecule is O=C(/C=C/c1cccc2ccccc12)Nc1ccc2c(c1)OCO2. The van der Waals surface area contributed by atoms with Gasteiger partial charge in [0.2, 0.25) is 12.7 Å². The van der Waals surface area contributed by atoms with Gasteiger partial charge in [-0.3, -0.25) is 4.79 Å². The lowest BCUT2D eigenvalue weighted by molar-refractivity contribution is -0.111. The molecule has 4 rings (SSSR count). The summed E-state index contributed by atoms with van der Waals surface area (Å²) < 4.78 is 10.6. The van der Waals surface area contributed by atoms with Crippen LogP contribution in [-0.4, -0.2) is 12.7 Å². The molecule has 3 aromatic carbocycles. The minimum atomic E-state index is -0.193. The second-order valence-corrected chi connectivity index (χ2v) is 5.46. The van der Waals surface area contributed by atoms with E-state index in [1.54, 1.807) is 18.2 Å². The van der Waals surface area contributed by atoms with Crippen LogP contribution in [0.3, 0.4) is 0 Å². The molecule has 0 unspecified atom stereocenters. The van der Waals surface area contributed by atoms with Crippen LogP contribution in [0.1, 0.15) is 5.56 Å². The van der Waals surface area contributed by atoms with Crippen molar-refractivity contribution in [3.05, 3.63) is 72.3 Å². The zero-order valence-electron chi connectivity index (χ0n) is 12.9. The number of carbonyl (C=O) groups is 1. The van der Waals surface area contributed by atoms with Gasteiger partial charge in [0.1, 0.15) is 0 Å². The number of anilines is 1. The third kappa shape index (κ3) is 2.82. The molecule has 0 saturated heterocycles. The second kappa shape index (κ2) is 6.08. The van der Waals surface area contributed by atoms with Crippen LogP contribution in [0.5, 0.6) is 11.5 Å². The highest BCUT2D eigenvalue weighted by molar-refractivity contribution is 6.03. The van der Waals surface area contributed by atoms with Crippen LogP contribution in [-0.2, 0) is 4.79 Å². The Morgan fingerprint density at radius 1 is 0.958 bits per heavy atom. The van der Waals surface area contributed by atoms with Gasteiger partial charge in [0.05, 0.1) is 0 Å². The average Bonchev–Trinajstić information content (AvgIpc) is 3.07. The van der Waals surface area contributed by atoms with Crippen molar-refractivity contribution in [1.29, 1.82) is 0 Å². The first kappa shape index (κ1) is 14.3. The molecule has 0 aromatic heterocycles. The molecule has 1 amide bonds. The fourth-order valence-electron chi connectivity index (χ4n) is 2.72. The Labute approximate surface area is 139 Å². The average molecular weight is 317 g/mol. The summed E-state index contributed by atoms with van der Waals surface area (Å²) in [6.07, 6.45) is 3.36. The Hall–Kier alpha value is -3.27. The van der Waals surface area contributed by atoms with Gasteiger partial charge in [-0.2, -0.15) is 0 Å². The summed E-state index contributed by atoms with van der Waals surface area (Å²) in [6, 6.07) is 19.5. The van der Waals surface area contributed by atoms with Crippen molar-refractivity contribution >= 4 is 28.4 Å². The number of hydrogen-bond acceptors (Lipinski definition) is 3. The highest BCUT2D eigenvalue weighted by Gasteiger charge is 2.13. The van der Waals surface area contributed by atoms with E-state index in [4.69, 9.17) is 9.47 Å². The van der Waals surface area contributed by atoms with E-state index in [2.05, 4.69) is 17.4 Å². The fourth-order valence-corrected chi connectivity index (χ4v) is 2.72. The van der Waals surface area contributed by atoms with E-state index in [-0.39, 0.29) is 12.7 Å². The lowest BCUT2D eigenvalue weighted by atomic mass is 10.0. The molecule has 4 nitrogen and oxygen atoms in total. The maximum atomic E-state index is 12.2. The fraction of sp³-hybridized carbons (Fsp3) is 0.0500. The van der Waals surface area contributed by atoms with Crippen LogP contribution in [0.15, 0.2) is 66.7 Å². The Balaban J connectivity index is 1.52. The van der Waals surface area contributed by atoms with Gasteiger partial charge < -0.3 is 14.8 Å². The standard InChI is InChI=1S/C20H15NO3/c22-20(21-16-9-10-18-19(12-16)24-13-23-18)11-8-15-6-3-5-14-4-1-2-7-17(14)15/h1-12H,13H2,(H,21,22)/b11-8+. The van der Waals surface area contributed by atoms with E-state index >= 15 is 0 Å². The van der Waals surface area contributed by atoms with Crippen LogP contribution in [0.2, 0.25) is 0 Å². The van der Waals surface area contributed by atoms with Gasteiger partial charge in [0.15, 0.2) is 11.5 Å². The lowest BCUT2D eigenvalue weighted by Gasteiger charge is -2.04. The first-order valence-corrected chi connectivity index (χ1v) is 7.66. The molecule has 1 aliphatic heterocycles. The van der Waals surface area contributed by atoms with E-state index in [9.17, 15) is 4.79 Å². The topological polar surface area (TPSA) is 47.6 Å². The first-order chi connectivity index (χ1) is 11.8. The predicted octanol–water partition coefficient (Wildman–Crippen LogP) is 4.22. The first-order valence-electron chi connectivity index (χ1n) is 7.66. The summed E-state index contributed by atoms with van der Waals surface area (Å²) in [4.78, 5) is 12.2. The summed E-state index contributed by atoms with van der Waals surface area (Å²) in [5.74, 6) is 1.15. The number of amides is 1. The van der Waals surface area contributed by atoms with Crippen LogP contribution in [0.4, 0.5) is 5.69 Å². The van der Waals surface area contributed by atoms with E-state index in [0.29, 0.717) is 17.2 Å². The molecule has 0 spiro atoms. The molecule has 24 heavy (non-hydrogen) atoms. The van der Waals surface area contributed by atoms with Gasteiger partial charge in [0, 0.05) is 17.8 Å². The van der Waals surface area contributed by atoms with Gasteiger partial charge in [-0.15, -0.1) is 0 Å². The molecular weight excluding hydrogens is 302 g/mol. The van der Waals surface area contributed by atoms with E-state index in [1.165, 1.54) is 6.08 Å². The number of fused-ring (bicyclic) bond motifs is 2. The highest BCUT2D eigenvalue weighted by Crippen LogP contribution is 2.34. The number of hydrogen-bond donors (Lipinski definition) is 1. The number of ether oxygens (including phenoxy) is 2. The highest BCUT2D eigenvalue weighted by atomic mass is 16.7. The number of benzene rings is 3. The van der Waals surface area contributed by atoms with E-state index in [1.807, 2.05) is 36.4 Å². The van der Waals surface area contributed by atoms with Crippen molar-refractivity contribution in [2.24, 2.45) is 0 Å². The zero-order valence-corrected chi connectivity index (χ0v) is 12.9. The van der Waals surface area contributed by atoms with Crippen molar-refractivity contribution in [2.45, 2.75) is 0 Å². The van der Waals surface area contributed by atoms with E-state index < -0.39 is 0 Å². The summed E-state index contributed by atoms with van der Waals surface area (Å²) in [5.41, 5.74) is 1.68. The maximum absolute atomic E-state index is 12.2. The molecule has 0 atom stereocenters. The zero-order chi connectivity index (χ0) is 16.4. The number of nitrogens with one attached hydrogen (secondary N) is 1. The van der Waals surface area contributed by atoms with Crippen molar-refractivity contribution in [3.8, 4) is 11.5 Å². The second-order valence-electron chi connectivity index (χ2n) is 5.46. The third-order valence-electron chi connectivity index (χ3n) is 3.88. The van der Waals surface area contributed by atoms with Crippen molar-refractivity contribution in [3.63, 3.8) is 0 Å². The molecule has 0 aliphatic carbocycles. The molecule has 4 heteroatoms. The molecular formula is C20H15NO3. The summed E-state index contributed by atoms with van der Waals surface area (Å²) in [5, 5.41) is 5.10. The summed E-state index contributed by atoms with van der Waals surface area (Å²) >= 11 is 0. The third-order valence-corrected chi connectivity index (χ3v) is 3.88. The molecule has 0 fully saturated rings. The molecule has 118 valence electrons. The van der Waals surface area contributed by atoms with Gasteiger partial charge in [-0.05, 0) is 34.5 Å². The number of rotatable bonds is 3. The summed E-state index contributed by atoms with van der Waals surface area (Å²) in [7, 11) is 0. The molecule has 1 N–H and O–H groups in total. The quantitative estimate of drug-likeness (QED) is 0.736. The maximum Gasteiger partial charge on any atom is 0.248 e. The van der Waals surface area contributed by atoms with Gasteiger partial charge in [-0.25, -0.2) is 0 Å². The van der Waals surface area contributed by atoms with Gasteiger partial charge >= 0.3 is 0 Å². The Kier molecular flexibility index (Phi) is 3.63. The molecule has 3 aromatic rings. The minimum absolute atomic E-state index is 0.193. The predicted molar refractivity (Wildman–Crippen MR) is 94.2 cm³/mol. The van der Waals surface area contributed by atoms with Crippen molar-refractivity contribution in [1.82, 2.24) is 0 Å². The largest absolute Gasteiger partial charge is 0.454 e. The Morgan fingerprint density at radius 2 is 1.79 bits per heavy atom. The normalized spacial score (nSPS) is 12.7. The van der Waals surface area contributed by atoms with Crippen LogP contribution >= 0.6 is 0 Å². The monoisotopic (exact) mass is 317 g/mol. The van der Waals surface area contributed by atoms with Gasteiger partial charge in [0.25, 0.3) is 0 Å². The van der Waals surface area contributed by atoms with Crippen molar-refractivity contribution < 1.29 is 14.3 Å².